The third-order valence-electron chi connectivity index (χ3n) is 3.29. The second kappa shape index (κ2) is 4.28. The number of ether oxygens (including phenoxy) is 1. The minimum atomic E-state index is -0.163. The maximum Gasteiger partial charge on any atom is 0.127 e. The summed E-state index contributed by atoms with van der Waals surface area (Å²) in [7, 11) is 0. The van der Waals surface area contributed by atoms with Crippen molar-refractivity contribution in [3.63, 3.8) is 0 Å². The Balaban J connectivity index is 1.89. The molecule has 1 saturated carbocycles. The van der Waals surface area contributed by atoms with Crippen LogP contribution in [-0.2, 0) is 4.74 Å². The molecule has 0 spiro atoms. The first-order valence-electron chi connectivity index (χ1n) is 5.47. The van der Waals surface area contributed by atoms with Gasteiger partial charge in [-0.05, 0) is 12.8 Å². The highest BCUT2D eigenvalue weighted by molar-refractivity contribution is 5.82. The van der Waals surface area contributed by atoms with E-state index in [0.29, 0.717) is 0 Å². The Bertz CT molecular complexity index is 213. The Labute approximate surface area is 84.9 Å². The van der Waals surface area contributed by atoms with E-state index in [2.05, 4.69) is 4.90 Å². The lowest BCUT2D eigenvalue weighted by atomic mass is 10.1. The Kier molecular flexibility index (Phi) is 3.03. The summed E-state index contributed by atoms with van der Waals surface area (Å²) >= 11 is 0. The number of amidine groups is 1. The number of hydrogen-bond donors (Lipinski definition) is 2. The van der Waals surface area contributed by atoms with Crippen molar-refractivity contribution in [3.05, 3.63) is 0 Å². The van der Waals surface area contributed by atoms with Gasteiger partial charge >= 0.3 is 0 Å². The molecule has 14 heavy (non-hydrogen) atoms. The van der Waals surface area contributed by atoms with Crippen LogP contribution in [0.15, 0.2) is 0 Å². The van der Waals surface area contributed by atoms with Crippen molar-refractivity contribution in [2.24, 2.45) is 5.73 Å². The molecule has 0 radical (unpaired) electrons. The molecule has 0 amide bonds. The molecule has 0 aromatic carbocycles. The van der Waals surface area contributed by atoms with Crippen LogP contribution >= 0.6 is 0 Å². The van der Waals surface area contributed by atoms with E-state index in [0.717, 1.165) is 25.7 Å². The maximum atomic E-state index is 7.38. The molecule has 1 aliphatic heterocycles. The standard InChI is InChI=1S/C10H19N3O/c11-10(12)9-7-13(5-6-14-9)8-3-1-2-4-8/h8-9H,1-7H2,(H3,11,12). The molecule has 0 aromatic rings. The van der Waals surface area contributed by atoms with Crippen LogP contribution in [0.3, 0.4) is 0 Å². The fraction of sp³-hybridized carbons (Fsp3) is 0.900. The molecule has 4 nitrogen and oxygen atoms in total. The number of morpholine rings is 1. The summed E-state index contributed by atoms with van der Waals surface area (Å²) in [5, 5.41) is 7.38. The first-order chi connectivity index (χ1) is 6.77. The number of nitrogens with two attached hydrogens (primary N) is 1. The molecular formula is C10H19N3O. The minimum Gasteiger partial charge on any atom is -0.385 e. The van der Waals surface area contributed by atoms with Crippen molar-refractivity contribution in [1.82, 2.24) is 4.90 Å². The number of nitrogens with zero attached hydrogens (tertiary/aromatic N) is 1. The molecule has 1 atom stereocenters. The summed E-state index contributed by atoms with van der Waals surface area (Å²) in [5.74, 6) is 0.174. The van der Waals surface area contributed by atoms with Gasteiger partial charge in [0, 0.05) is 19.1 Å². The van der Waals surface area contributed by atoms with Crippen LogP contribution in [0.1, 0.15) is 25.7 Å². The van der Waals surface area contributed by atoms with Gasteiger partial charge in [0.2, 0.25) is 0 Å². The van der Waals surface area contributed by atoms with E-state index in [-0.39, 0.29) is 11.9 Å². The van der Waals surface area contributed by atoms with E-state index in [1.165, 1.54) is 25.7 Å². The van der Waals surface area contributed by atoms with Crippen LogP contribution in [0, 0.1) is 5.41 Å². The second-order valence-electron chi connectivity index (χ2n) is 4.25. The van der Waals surface area contributed by atoms with Gasteiger partial charge in [0.15, 0.2) is 0 Å². The lowest BCUT2D eigenvalue weighted by Gasteiger charge is -2.36. The molecule has 0 bridgehead atoms. The van der Waals surface area contributed by atoms with Crippen LogP contribution in [0.4, 0.5) is 0 Å². The monoisotopic (exact) mass is 197 g/mol. The zero-order chi connectivity index (χ0) is 9.97. The Hall–Kier alpha value is -0.610. The largest absolute Gasteiger partial charge is 0.385 e. The summed E-state index contributed by atoms with van der Waals surface area (Å²) in [6.45, 7) is 2.55. The highest BCUT2D eigenvalue weighted by Crippen LogP contribution is 2.24. The lowest BCUT2D eigenvalue weighted by Crippen LogP contribution is -2.51. The second-order valence-corrected chi connectivity index (χ2v) is 4.25. The van der Waals surface area contributed by atoms with E-state index in [4.69, 9.17) is 15.9 Å². The summed E-state index contributed by atoms with van der Waals surface area (Å²) in [6.07, 6.45) is 5.17. The highest BCUT2D eigenvalue weighted by Gasteiger charge is 2.29. The first kappa shape index (κ1) is 9.93. The van der Waals surface area contributed by atoms with E-state index < -0.39 is 0 Å². The molecule has 1 aliphatic carbocycles. The van der Waals surface area contributed by atoms with Gasteiger partial charge in [0.05, 0.1) is 6.61 Å². The van der Waals surface area contributed by atoms with Crippen molar-refractivity contribution in [2.75, 3.05) is 19.7 Å². The smallest absolute Gasteiger partial charge is 0.127 e. The van der Waals surface area contributed by atoms with E-state index in [9.17, 15) is 0 Å². The third-order valence-corrected chi connectivity index (χ3v) is 3.29. The molecule has 0 aromatic heterocycles. The highest BCUT2D eigenvalue weighted by atomic mass is 16.5. The predicted octanol–water partition coefficient (Wildman–Crippen LogP) is 0.566. The van der Waals surface area contributed by atoms with Crippen LogP contribution in [-0.4, -0.2) is 42.6 Å². The topological polar surface area (TPSA) is 62.3 Å². The van der Waals surface area contributed by atoms with Gasteiger partial charge in [-0.1, -0.05) is 12.8 Å². The third kappa shape index (κ3) is 2.07. The molecule has 1 unspecified atom stereocenters. The Morgan fingerprint density at radius 2 is 2.07 bits per heavy atom. The average Bonchev–Trinajstić information content (AvgIpc) is 2.71. The number of rotatable bonds is 2. The van der Waals surface area contributed by atoms with Crippen LogP contribution < -0.4 is 5.73 Å². The zero-order valence-electron chi connectivity index (χ0n) is 8.54. The molecule has 3 N–H and O–H groups in total. The molecule has 2 rings (SSSR count). The summed E-state index contributed by atoms with van der Waals surface area (Å²) in [4.78, 5) is 2.45. The van der Waals surface area contributed by atoms with Gasteiger partial charge in [-0.3, -0.25) is 10.3 Å². The van der Waals surface area contributed by atoms with Crippen LogP contribution in [0.2, 0.25) is 0 Å². The van der Waals surface area contributed by atoms with E-state index >= 15 is 0 Å². The number of nitrogens with one attached hydrogen (secondary N) is 1. The number of hydrogen-bond acceptors (Lipinski definition) is 3. The predicted molar refractivity (Wildman–Crippen MR) is 55.5 cm³/mol. The average molecular weight is 197 g/mol. The molecule has 4 heteroatoms. The Morgan fingerprint density at radius 1 is 1.36 bits per heavy atom. The van der Waals surface area contributed by atoms with E-state index in [1.807, 2.05) is 0 Å². The van der Waals surface area contributed by atoms with Crippen molar-refractivity contribution < 1.29 is 4.74 Å². The quantitative estimate of drug-likeness (QED) is 0.502. The van der Waals surface area contributed by atoms with Gasteiger partial charge in [-0.2, -0.15) is 0 Å². The summed E-state index contributed by atoms with van der Waals surface area (Å²) in [5.41, 5.74) is 5.46. The van der Waals surface area contributed by atoms with Gasteiger partial charge in [-0.15, -0.1) is 0 Å². The lowest BCUT2D eigenvalue weighted by molar-refractivity contribution is -0.0111. The van der Waals surface area contributed by atoms with Crippen molar-refractivity contribution in [1.29, 1.82) is 5.41 Å². The fourth-order valence-corrected chi connectivity index (χ4v) is 2.46. The molecule has 1 heterocycles. The minimum absolute atomic E-state index is 0.163. The molecule has 1 saturated heterocycles. The van der Waals surface area contributed by atoms with Crippen LogP contribution in [0.25, 0.3) is 0 Å². The van der Waals surface area contributed by atoms with Crippen molar-refractivity contribution >= 4 is 5.84 Å². The van der Waals surface area contributed by atoms with Crippen molar-refractivity contribution in [2.45, 2.75) is 37.8 Å². The zero-order valence-corrected chi connectivity index (χ0v) is 8.54. The maximum absolute atomic E-state index is 7.38. The molecule has 80 valence electrons. The Morgan fingerprint density at radius 3 is 2.71 bits per heavy atom. The summed E-state index contributed by atoms with van der Waals surface area (Å²) < 4.78 is 5.44. The molecule has 2 fully saturated rings. The van der Waals surface area contributed by atoms with E-state index in [1.54, 1.807) is 0 Å². The first-order valence-corrected chi connectivity index (χ1v) is 5.47. The van der Waals surface area contributed by atoms with Gasteiger partial charge in [-0.25, -0.2) is 0 Å². The van der Waals surface area contributed by atoms with Gasteiger partial charge in [0.25, 0.3) is 0 Å². The van der Waals surface area contributed by atoms with Crippen molar-refractivity contribution in [3.8, 4) is 0 Å². The van der Waals surface area contributed by atoms with Crippen LogP contribution in [0.5, 0.6) is 0 Å². The van der Waals surface area contributed by atoms with Gasteiger partial charge < -0.3 is 10.5 Å². The fourth-order valence-electron chi connectivity index (χ4n) is 2.46. The molecular weight excluding hydrogens is 178 g/mol. The summed E-state index contributed by atoms with van der Waals surface area (Å²) in [6, 6.07) is 0.723. The normalized spacial score (nSPS) is 30.7. The molecule has 2 aliphatic rings. The van der Waals surface area contributed by atoms with Gasteiger partial charge in [0.1, 0.15) is 11.9 Å². The SMILES string of the molecule is N=C(N)C1CN(C2CCCC2)CCO1.